The topological polar surface area (TPSA) is 105 Å². The average Bonchev–Trinajstić information content (AvgIpc) is 2.53. The van der Waals surface area contributed by atoms with Crippen molar-refractivity contribution in [3.63, 3.8) is 0 Å². The van der Waals surface area contributed by atoms with Crippen LogP contribution in [-0.2, 0) is 23.1 Å². The normalized spacial score (nSPS) is 15.5. The van der Waals surface area contributed by atoms with Gasteiger partial charge in [-0.3, -0.25) is 9.36 Å². The van der Waals surface area contributed by atoms with Gasteiger partial charge in [0.05, 0.1) is 34.4 Å². The summed E-state index contributed by atoms with van der Waals surface area (Å²) in [6.07, 6.45) is 5.50. The molecule has 0 bridgehead atoms. The number of likely N-dealkylation sites (N-methyl/N-ethyl adjacent to an activating group) is 1. The second kappa shape index (κ2) is 13.6. The fourth-order valence-corrected chi connectivity index (χ4v) is 2.79. The first-order valence-corrected chi connectivity index (χ1v) is 10.8. The number of hydrogen-bond acceptors (Lipinski definition) is 7. The standard InChI is InChI=1S/C17H36NO7P/c1-5-6-7-8-9-10-11-17(20)25-16(14-19)15-24-26(21,22)23-13-12-18(2,3)4/h16,19H,5-15H2,1-4H3/t16-/m1/s1. The first-order chi connectivity index (χ1) is 12.1. The van der Waals surface area contributed by atoms with E-state index in [9.17, 15) is 19.4 Å². The molecular weight excluding hydrogens is 361 g/mol. The Hall–Kier alpha value is -0.500. The van der Waals surface area contributed by atoms with Gasteiger partial charge in [0, 0.05) is 6.42 Å². The van der Waals surface area contributed by atoms with Crippen LogP contribution in [0, 0.1) is 0 Å². The van der Waals surface area contributed by atoms with Crippen molar-refractivity contribution in [3.8, 4) is 0 Å². The van der Waals surface area contributed by atoms with Gasteiger partial charge in [0.1, 0.15) is 19.3 Å². The van der Waals surface area contributed by atoms with E-state index >= 15 is 0 Å². The number of esters is 1. The number of aliphatic hydroxyl groups is 1. The molecule has 0 radical (unpaired) electrons. The maximum absolute atomic E-state index is 11.7. The number of carbonyl (C=O) groups is 1. The van der Waals surface area contributed by atoms with Crippen LogP contribution in [0.2, 0.25) is 0 Å². The molecule has 0 aliphatic heterocycles. The third-order valence-corrected chi connectivity index (χ3v) is 4.63. The molecule has 156 valence electrons. The highest BCUT2D eigenvalue weighted by molar-refractivity contribution is 7.45. The molecule has 0 aromatic carbocycles. The lowest BCUT2D eigenvalue weighted by atomic mass is 10.1. The number of phosphoric acid groups is 1. The molecule has 0 rings (SSSR count). The molecule has 0 aliphatic carbocycles. The Morgan fingerprint density at radius 1 is 1.12 bits per heavy atom. The van der Waals surface area contributed by atoms with Gasteiger partial charge in [-0.05, 0) is 6.42 Å². The highest BCUT2D eigenvalue weighted by atomic mass is 31.2. The molecule has 0 fully saturated rings. The summed E-state index contributed by atoms with van der Waals surface area (Å²) in [6.45, 7) is 1.66. The van der Waals surface area contributed by atoms with E-state index in [-0.39, 0.29) is 13.0 Å². The maximum Gasteiger partial charge on any atom is 0.306 e. The first kappa shape index (κ1) is 25.5. The fraction of sp³-hybridized carbons (Fsp3) is 0.941. The second-order valence-electron chi connectivity index (χ2n) is 7.40. The number of carbonyl (C=O) groups excluding carboxylic acids is 1. The van der Waals surface area contributed by atoms with Crippen LogP contribution in [0.4, 0.5) is 0 Å². The van der Waals surface area contributed by atoms with Crippen LogP contribution in [0.1, 0.15) is 51.9 Å². The van der Waals surface area contributed by atoms with Crippen LogP contribution < -0.4 is 4.89 Å². The average molecular weight is 397 g/mol. The van der Waals surface area contributed by atoms with Crippen molar-refractivity contribution in [3.05, 3.63) is 0 Å². The Kier molecular flexibility index (Phi) is 13.4. The Balaban J connectivity index is 4.02. The van der Waals surface area contributed by atoms with Gasteiger partial charge in [-0.25, -0.2) is 0 Å². The van der Waals surface area contributed by atoms with Crippen molar-refractivity contribution in [2.24, 2.45) is 0 Å². The zero-order chi connectivity index (χ0) is 20.1. The molecule has 26 heavy (non-hydrogen) atoms. The van der Waals surface area contributed by atoms with Crippen LogP contribution in [0.25, 0.3) is 0 Å². The van der Waals surface area contributed by atoms with Gasteiger partial charge < -0.3 is 28.3 Å². The van der Waals surface area contributed by atoms with Crippen LogP contribution in [-0.4, -0.2) is 69.2 Å². The fourth-order valence-electron chi connectivity index (χ4n) is 2.06. The molecule has 0 spiro atoms. The summed E-state index contributed by atoms with van der Waals surface area (Å²) in [5.74, 6) is -0.463. The molecule has 0 aromatic rings. The highest BCUT2D eigenvalue weighted by Gasteiger charge is 2.19. The molecule has 8 nitrogen and oxygen atoms in total. The second-order valence-corrected chi connectivity index (χ2v) is 8.81. The Morgan fingerprint density at radius 2 is 1.73 bits per heavy atom. The number of aliphatic hydroxyl groups excluding tert-OH is 1. The summed E-state index contributed by atoms with van der Waals surface area (Å²) in [6, 6.07) is 0. The maximum atomic E-state index is 11.7. The minimum atomic E-state index is -4.49. The van der Waals surface area contributed by atoms with E-state index < -0.39 is 33.1 Å². The number of phosphoric ester groups is 1. The third kappa shape index (κ3) is 15.7. The summed E-state index contributed by atoms with van der Waals surface area (Å²) >= 11 is 0. The zero-order valence-corrected chi connectivity index (χ0v) is 17.5. The van der Waals surface area contributed by atoms with Gasteiger partial charge in [-0.2, -0.15) is 0 Å². The largest absolute Gasteiger partial charge is 0.756 e. The van der Waals surface area contributed by atoms with Gasteiger partial charge in [-0.15, -0.1) is 0 Å². The molecule has 1 unspecified atom stereocenters. The van der Waals surface area contributed by atoms with Gasteiger partial charge in [-0.1, -0.05) is 39.0 Å². The van der Waals surface area contributed by atoms with Crippen molar-refractivity contribution >= 4 is 13.8 Å². The minimum absolute atomic E-state index is 0.00805. The molecule has 0 heterocycles. The van der Waals surface area contributed by atoms with Gasteiger partial charge in [0.2, 0.25) is 0 Å². The SMILES string of the molecule is CCCCCCCCC(=O)O[C@H](CO)COP(=O)([O-])OCC[N+](C)(C)C. The van der Waals surface area contributed by atoms with Crippen molar-refractivity contribution in [1.29, 1.82) is 0 Å². The van der Waals surface area contributed by atoms with Crippen molar-refractivity contribution in [2.45, 2.75) is 58.0 Å². The molecule has 1 N–H and O–H groups in total. The van der Waals surface area contributed by atoms with Crippen molar-refractivity contribution < 1.29 is 37.6 Å². The molecule has 0 saturated carbocycles. The summed E-state index contributed by atoms with van der Waals surface area (Å²) < 4.78 is 26.7. The molecule has 2 atom stereocenters. The van der Waals surface area contributed by atoms with E-state index in [0.29, 0.717) is 11.0 Å². The molecule has 0 amide bonds. The van der Waals surface area contributed by atoms with Crippen molar-refractivity contribution in [2.75, 3.05) is 47.5 Å². The predicted molar refractivity (Wildman–Crippen MR) is 97.4 cm³/mol. The lowest BCUT2D eigenvalue weighted by Gasteiger charge is -2.28. The number of unbranched alkanes of at least 4 members (excludes halogenated alkanes) is 5. The van der Waals surface area contributed by atoms with Gasteiger partial charge in [0.25, 0.3) is 7.82 Å². The van der Waals surface area contributed by atoms with Gasteiger partial charge >= 0.3 is 5.97 Å². The summed E-state index contributed by atoms with van der Waals surface area (Å²) in [5, 5.41) is 9.23. The third-order valence-electron chi connectivity index (χ3n) is 3.67. The molecule has 0 saturated heterocycles. The lowest BCUT2D eigenvalue weighted by molar-refractivity contribution is -0.870. The molecule has 0 aliphatic rings. The lowest BCUT2D eigenvalue weighted by Crippen LogP contribution is -2.37. The summed E-state index contributed by atoms with van der Waals surface area (Å²) in [5.41, 5.74) is 0. The van der Waals surface area contributed by atoms with E-state index in [2.05, 4.69) is 6.92 Å². The molecular formula is C17H36NO7P. The Bertz CT molecular complexity index is 426. The number of ether oxygens (including phenoxy) is 1. The number of rotatable bonds is 16. The highest BCUT2D eigenvalue weighted by Crippen LogP contribution is 2.38. The number of hydrogen-bond donors (Lipinski definition) is 1. The summed E-state index contributed by atoms with van der Waals surface area (Å²) in [7, 11) is 1.23. The minimum Gasteiger partial charge on any atom is -0.756 e. The van der Waals surface area contributed by atoms with E-state index in [4.69, 9.17) is 13.8 Å². The number of nitrogens with zero attached hydrogens (tertiary/aromatic N) is 1. The van der Waals surface area contributed by atoms with Crippen LogP contribution in [0.3, 0.4) is 0 Å². The summed E-state index contributed by atoms with van der Waals surface area (Å²) in [4.78, 5) is 23.4. The van der Waals surface area contributed by atoms with E-state index in [1.54, 1.807) is 0 Å². The smallest absolute Gasteiger partial charge is 0.306 e. The molecule has 9 heteroatoms. The van der Waals surface area contributed by atoms with E-state index in [0.717, 1.165) is 25.7 Å². The van der Waals surface area contributed by atoms with Crippen LogP contribution in [0.5, 0.6) is 0 Å². The Morgan fingerprint density at radius 3 is 2.31 bits per heavy atom. The molecule has 0 aromatic heterocycles. The monoisotopic (exact) mass is 397 g/mol. The number of quaternary nitrogens is 1. The van der Waals surface area contributed by atoms with Gasteiger partial charge in [0.15, 0.2) is 0 Å². The first-order valence-electron chi connectivity index (χ1n) is 9.30. The van der Waals surface area contributed by atoms with Crippen LogP contribution in [0.15, 0.2) is 0 Å². The Labute approximate surface area is 157 Å². The predicted octanol–water partition coefficient (Wildman–Crippen LogP) is 1.85. The quantitative estimate of drug-likeness (QED) is 0.183. The van der Waals surface area contributed by atoms with Crippen LogP contribution >= 0.6 is 7.82 Å². The van der Waals surface area contributed by atoms with E-state index in [1.807, 2.05) is 21.1 Å². The van der Waals surface area contributed by atoms with Crippen molar-refractivity contribution in [1.82, 2.24) is 0 Å². The van der Waals surface area contributed by atoms with E-state index in [1.165, 1.54) is 12.8 Å². The zero-order valence-electron chi connectivity index (χ0n) is 16.6.